The molecule has 0 atom stereocenters. The molecule has 138 valence electrons. The molecule has 0 saturated carbocycles. The smallest absolute Gasteiger partial charge is 0.240 e. The van der Waals surface area contributed by atoms with Crippen LogP contribution in [0.4, 0.5) is 0 Å². The minimum absolute atomic E-state index is 0.161. The van der Waals surface area contributed by atoms with Crippen LogP contribution in [0.1, 0.15) is 11.9 Å². The zero-order valence-electron chi connectivity index (χ0n) is 14.3. The normalized spacial score (nSPS) is 11.7. The standard InChI is InChI=1S/C18H20N2O4S2/c1-2-23-11-12-24-14-7-9-15(10-8-14)26(21,22)19-13-18-20-16-5-3-4-6-17(16)25-18/h3-10,19H,2,11-13H2,1H3. The van der Waals surface area contributed by atoms with Crippen molar-refractivity contribution in [1.82, 2.24) is 9.71 Å². The Kier molecular flexibility index (Phi) is 6.20. The van der Waals surface area contributed by atoms with E-state index in [1.807, 2.05) is 31.2 Å². The van der Waals surface area contributed by atoms with E-state index in [4.69, 9.17) is 9.47 Å². The lowest BCUT2D eigenvalue weighted by molar-refractivity contribution is 0.110. The molecule has 0 amide bonds. The van der Waals surface area contributed by atoms with Crippen molar-refractivity contribution in [1.29, 1.82) is 0 Å². The maximum absolute atomic E-state index is 12.4. The average Bonchev–Trinajstić information content (AvgIpc) is 3.07. The third kappa shape index (κ3) is 4.79. The van der Waals surface area contributed by atoms with E-state index in [-0.39, 0.29) is 11.4 Å². The Morgan fingerprint density at radius 2 is 1.85 bits per heavy atom. The molecule has 0 fully saturated rings. The monoisotopic (exact) mass is 392 g/mol. The van der Waals surface area contributed by atoms with Crippen LogP contribution in [0, 0.1) is 0 Å². The number of benzene rings is 2. The summed E-state index contributed by atoms with van der Waals surface area (Å²) < 4.78 is 39.2. The molecule has 0 bridgehead atoms. The van der Waals surface area contributed by atoms with Crippen LogP contribution in [0.15, 0.2) is 53.4 Å². The molecule has 8 heteroatoms. The Morgan fingerprint density at radius 1 is 1.08 bits per heavy atom. The molecule has 1 heterocycles. The first-order valence-corrected chi connectivity index (χ1v) is 10.5. The van der Waals surface area contributed by atoms with Gasteiger partial charge in [-0.15, -0.1) is 11.3 Å². The number of nitrogens with one attached hydrogen (secondary N) is 1. The van der Waals surface area contributed by atoms with Gasteiger partial charge in [-0.1, -0.05) is 12.1 Å². The summed E-state index contributed by atoms with van der Waals surface area (Å²) in [5.41, 5.74) is 0.875. The summed E-state index contributed by atoms with van der Waals surface area (Å²) >= 11 is 1.48. The van der Waals surface area contributed by atoms with Crippen LogP contribution in [0.3, 0.4) is 0 Å². The number of sulfonamides is 1. The first-order chi connectivity index (χ1) is 12.6. The maximum atomic E-state index is 12.4. The zero-order chi connectivity index (χ0) is 18.4. The van der Waals surface area contributed by atoms with Crippen molar-refractivity contribution in [2.75, 3.05) is 19.8 Å². The topological polar surface area (TPSA) is 77.5 Å². The van der Waals surface area contributed by atoms with Gasteiger partial charge in [-0.25, -0.2) is 18.1 Å². The van der Waals surface area contributed by atoms with Crippen LogP contribution in [-0.2, 0) is 21.3 Å². The van der Waals surface area contributed by atoms with Gasteiger partial charge in [0.2, 0.25) is 10.0 Å². The molecule has 0 aliphatic carbocycles. The second-order valence-corrected chi connectivity index (χ2v) is 8.30. The molecule has 1 aromatic heterocycles. The molecule has 0 spiro atoms. The number of hydrogen-bond donors (Lipinski definition) is 1. The van der Waals surface area contributed by atoms with Gasteiger partial charge in [-0.05, 0) is 43.3 Å². The van der Waals surface area contributed by atoms with Crippen molar-refractivity contribution in [3.8, 4) is 5.75 Å². The summed E-state index contributed by atoms with van der Waals surface area (Å²) in [5.74, 6) is 0.606. The molecule has 3 rings (SSSR count). The summed E-state index contributed by atoms with van der Waals surface area (Å²) in [4.78, 5) is 4.62. The molecule has 0 unspecified atom stereocenters. The van der Waals surface area contributed by atoms with E-state index in [0.29, 0.717) is 25.6 Å². The minimum atomic E-state index is -3.61. The lowest BCUT2D eigenvalue weighted by Crippen LogP contribution is -2.23. The largest absolute Gasteiger partial charge is 0.491 e. The van der Waals surface area contributed by atoms with E-state index in [9.17, 15) is 8.42 Å². The third-order valence-corrected chi connectivity index (χ3v) is 6.04. The predicted molar refractivity (Wildman–Crippen MR) is 102 cm³/mol. The van der Waals surface area contributed by atoms with Gasteiger partial charge in [0.25, 0.3) is 0 Å². The Bertz CT molecular complexity index is 920. The Hall–Kier alpha value is -2.00. The van der Waals surface area contributed by atoms with Gasteiger partial charge < -0.3 is 9.47 Å². The Balaban J connectivity index is 1.60. The number of fused-ring (bicyclic) bond motifs is 1. The quantitative estimate of drug-likeness (QED) is 0.566. The molecular formula is C18H20N2O4S2. The van der Waals surface area contributed by atoms with Crippen LogP contribution in [0.2, 0.25) is 0 Å². The molecule has 2 aromatic carbocycles. The molecular weight excluding hydrogens is 372 g/mol. The second kappa shape index (κ2) is 8.59. The molecule has 26 heavy (non-hydrogen) atoms. The van der Waals surface area contributed by atoms with Crippen LogP contribution >= 0.6 is 11.3 Å². The van der Waals surface area contributed by atoms with Gasteiger partial charge in [-0.3, -0.25) is 0 Å². The van der Waals surface area contributed by atoms with Crippen LogP contribution in [0.5, 0.6) is 5.75 Å². The van der Waals surface area contributed by atoms with Crippen molar-refractivity contribution in [2.45, 2.75) is 18.4 Å². The first kappa shape index (κ1) is 18.8. The van der Waals surface area contributed by atoms with Crippen LogP contribution < -0.4 is 9.46 Å². The van der Waals surface area contributed by atoms with Crippen molar-refractivity contribution in [3.05, 3.63) is 53.5 Å². The molecule has 1 N–H and O–H groups in total. The van der Waals surface area contributed by atoms with Crippen LogP contribution in [0.25, 0.3) is 10.2 Å². The molecule has 0 aliphatic heterocycles. The fourth-order valence-corrected chi connectivity index (χ4v) is 4.30. The van der Waals surface area contributed by atoms with Crippen molar-refractivity contribution >= 4 is 31.6 Å². The maximum Gasteiger partial charge on any atom is 0.240 e. The van der Waals surface area contributed by atoms with E-state index in [1.165, 1.54) is 23.5 Å². The molecule has 0 aliphatic rings. The number of thiazole rings is 1. The fraction of sp³-hybridized carbons (Fsp3) is 0.278. The number of rotatable bonds is 9. The lowest BCUT2D eigenvalue weighted by atomic mass is 10.3. The van der Waals surface area contributed by atoms with Crippen molar-refractivity contribution in [2.24, 2.45) is 0 Å². The Morgan fingerprint density at radius 3 is 2.58 bits per heavy atom. The third-order valence-electron chi connectivity index (χ3n) is 3.59. The summed E-state index contributed by atoms with van der Waals surface area (Å²) in [7, 11) is -3.61. The molecule has 0 saturated heterocycles. The number of ether oxygens (including phenoxy) is 2. The number of hydrogen-bond acceptors (Lipinski definition) is 6. The highest BCUT2D eigenvalue weighted by molar-refractivity contribution is 7.89. The van der Waals surface area contributed by atoms with E-state index in [2.05, 4.69) is 9.71 Å². The van der Waals surface area contributed by atoms with Gasteiger partial charge in [-0.2, -0.15) is 0 Å². The van der Waals surface area contributed by atoms with E-state index in [0.717, 1.165) is 15.2 Å². The van der Waals surface area contributed by atoms with Crippen molar-refractivity contribution in [3.63, 3.8) is 0 Å². The summed E-state index contributed by atoms with van der Waals surface area (Å²) in [6, 6.07) is 14.0. The molecule has 3 aromatic rings. The SMILES string of the molecule is CCOCCOc1ccc(S(=O)(=O)NCc2nc3ccccc3s2)cc1. The predicted octanol–water partition coefficient (Wildman–Crippen LogP) is 3.19. The van der Waals surface area contributed by atoms with Crippen LogP contribution in [-0.4, -0.2) is 33.2 Å². The van der Waals surface area contributed by atoms with Gasteiger partial charge in [0, 0.05) is 6.61 Å². The summed E-state index contributed by atoms with van der Waals surface area (Å²) in [6.07, 6.45) is 0. The van der Waals surface area contributed by atoms with E-state index >= 15 is 0 Å². The van der Waals surface area contributed by atoms with Crippen molar-refractivity contribution < 1.29 is 17.9 Å². The highest BCUT2D eigenvalue weighted by Gasteiger charge is 2.15. The van der Waals surface area contributed by atoms with Gasteiger partial charge in [0.15, 0.2) is 0 Å². The summed E-state index contributed by atoms with van der Waals surface area (Å²) in [5, 5.41) is 0.727. The molecule has 0 radical (unpaired) electrons. The zero-order valence-corrected chi connectivity index (χ0v) is 16.0. The van der Waals surface area contributed by atoms with Gasteiger partial charge in [0.1, 0.15) is 17.4 Å². The second-order valence-electron chi connectivity index (χ2n) is 5.42. The summed E-state index contributed by atoms with van der Waals surface area (Å²) in [6.45, 7) is 3.65. The van der Waals surface area contributed by atoms with E-state index in [1.54, 1.807) is 12.1 Å². The average molecular weight is 393 g/mol. The number of nitrogens with zero attached hydrogens (tertiary/aromatic N) is 1. The molecule has 6 nitrogen and oxygen atoms in total. The minimum Gasteiger partial charge on any atom is -0.491 e. The fourth-order valence-electron chi connectivity index (χ4n) is 2.31. The van der Waals surface area contributed by atoms with Gasteiger partial charge >= 0.3 is 0 Å². The Labute approximate surface area is 156 Å². The highest BCUT2D eigenvalue weighted by atomic mass is 32.2. The highest BCUT2D eigenvalue weighted by Crippen LogP contribution is 2.22. The van der Waals surface area contributed by atoms with Gasteiger partial charge in [0.05, 0.1) is 28.3 Å². The lowest BCUT2D eigenvalue weighted by Gasteiger charge is -2.08. The number of aromatic nitrogens is 1. The van der Waals surface area contributed by atoms with E-state index < -0.39 is 10.0 Å². The first-order valence-electron chi connectivity index (χ1n) is 8.23. The number of para-hydroxylation sites is 1.